The van der Waals surface area contributed by atoms with E-state index in [1.807, 2.05) is 6.07 Å². The fourth-order valence-corrected chi connectivity index (χ4v) is 3.86. The van der Waals surface area contributed by atoms with Crippen molar-refractivity contribution in [2.75, 3.05) is 12.3 Å². The summed E-state index contributed by atoms with van der Waals surface area (Å²) in [5.41, 5.74) is 7.15. The quantitative estimate of drug-likeness (QED) is 0.826. The summed E-state index contributed by atoms with van der Waals surface area (Å²) in [6, 6.07) is 5.87. The third kappa shape index (κ3) is 2.62. The lowest BCUT2D eigenvalue weighted by atomic mass is 9.78. The molecule has 1 aliphatic heterocycles. The van der Waals surface area contributed by atoms with Gasteiger partial charge in [0.2, 0.25) is 0 Å². The van der Waals surface area contributed by atoms with Crippen LogP contribution in [0.4, 0.5) is 10.1 Å². The molecule has 1 aromatic rings. The van der Waals surface area contributed by atoms with Crippen LogP contribution in [0.15, 0.2) is 18.2 Å². The highest BCUT2D eigenvalue weighted by molar-refractivity contribution is 5.47. The van der Waals surface area contributed by atoms with Gasteiger partial charge in [-0.25, -0.2) is 4.39 Å². The Kier molecular flexibility index (Phi) is 3.74. The van der Waals surface area contributed by atoms with Gasteiger partial charge in [0, 0.05) is 12.6 Å². The lowest BCUT2D eigenvalue weighted by Gasteiger charge is -2.44. The van der Waals surface area contributed by atoms with Crippen molar-refractivity contribution in [1.29, 1.82) is 0 Å². The van der Waals surface area contributed by atoms with Crippen LogP contribution in [0, 0.1) is 11.7 Å². The van der Waals surface area contributed by atoms with Crippen LogP contribution in [0.1, 0.15) is 44.1 Å². The topological polar surface area (TPSA) is 29.3 Å². The molecule has 19 heavy (non-hydrogen) atoms. The first-order valence-corrected chi connectivity index (χ1v) is 7.52. The van der Waals surface area contributed by atoms with E-state index in [4.69, 9.17) is 5.73 Å². The molecular formula is C16H23FN2. The average molecular weight is 262 g/mol. The molecule has 104 valence electrons. The first-order valence-electron chi connectivity index (χ1n) is 7.52. The minimum absolute atomic E-state index is 0.283. The van der Waals surface area contributed by atoms with E-state index in [1.165, 1.54) is 44.6 Å². The molecule has 2 fully saturated rings. The first kappa shape index (κ1) is 12.9. The summed E-state index contributed by atoms with van der Waals surface area (Å²) in [6.45, 7) is 1.95. The van der Waals surface area contributed by atoms with Gasteiger partial charge in [-0.3, -0.25) is 4.90 Å². The van der Waals surface area contributed by atoms with Crippen LogP contribution in [0.2, 0.25) is 0 Å². The molecule has 0 radical (unpaired) electrons. The summed E-state index contributed by atoms with van der Waals surface area (Å²) in [6.07, 6.45) is 8.06. The smallest absolute Gasteiger partial charge is 0.146 e. The Hall–Kier alpha value is -1.09. The van der Waals surface area contributed by atoms with Gasteiger partial charge in [0.25, 0.3) is 0 Å². The molecule has 1 heterocycles. The van der Waals surface area contributed by atoms with Gasteiger partial charge in [0.1, 0.15) is 5.82 Å². The molecule has 0 aromatic heterocycles. The zero-order chi connectivity index (χ0) is 13.2. The third-order valence-electron chi connectivity index (χ3n) is 4.87. The van der Waals surface area contributed by atoms with Crippen molar-refractivity contribution in [3.05, 3.63) is 29.6 Å². The molecule has 0 amide bonds. The van der Waals surface area contributed by atoms with Crippen molar-refractivity contribution < 1.29 is 4.39 Å². The van der Waals surface area contributed by atoms with Gasteiger partial charge in [-0.05, 0) is 49.8 Å². The van der Waals surface area contributed by atoms with E-state index in [0.29, 0.717) is 11.7 Å². The van der Waals surface area contributed by atoms with Crippen molar-refractivity contribution in [2.45, 2.75) is 51.1 Å². The predicted molar refractivity (Wildman–Crippen MR) is 76.2 cm³/mol. The van der Waals surface area contributed by atoms with E-state index < -0.39 is 0 Å². The number of benzene rings is 1. The average Bonchev–Trinajstić information content (AvgIpc) is 2.44. The molecule has 1 saturated carbocycles. The Bertz CT molecular complexity index is 444. The number of hydrogen-bond acceptors (Lipinski definition) is 2. The molecule has 1 aromatic carbocycles. The van der Waals surface area contributed by atoms with Crippen molar-refractivity contribution in [3.63, 3.8) is 0 Å². The molecule has 2 aliphatic rings. The number of halogens is 1. The number of fused-ring (bicyclic) bond motifs is 1. The highest BCUT2D eigenvalue weighted by atomic mass is 19.1. The Morgan fingerprint density at radius 1 is 1.16 bits per heavy atom. The van der Waals surface area contributed by atoms with Gasteiger partial charge in [-0.1, -0.05) is 25.0 Å². The van der Waals surface area contributed by atoms with Crippen molar-refractivity contribution in [1.82, 2.24) is 4.90 Å². The van der Waals surface area contributed by atoms with Crippen LogP contribution in [-0.4, -0.2) is 17.5 Å². The Morgan fingerprint density at radius 3 is 2.84 bits per heavy atom. The van der Waals surface area contributed by atoms with Gasteiger partial charge in [-0.2, -0.15) is 0 Å². The van der Waals surface area contributed by atoms with Gasteiger partial charge >= 0.3 is 0 Å². The van der Waals surface area contributed by atoms with E-state index in [9.17, 15) is 4.39 Å². The van der Waals surface area contributed by atoms with Crippen molar-refractivity contribution >= 4 is 5.69 Å². The number of likely N-dealkylation sites (tertiary alicyclic amines) is 1. The van der Waals surface area contributed by atoms with E-state index in [0.717, 1.165) is 24.6 Å². The molecule has 3 rings (SSSR count). The van der Waals surface area contributed by atoms with Crippen LogP contribution < -0.4 is 5.73 Å². The molecule has 2 atom stereocenters. The molecular weight excluding hydrogens is 239 g/mol. The van der Waals surface area contributed by atoms with E-state index >= 15 is 0 Å². The number of nitrogens with two attached hydrogens (primary N) is 1. The minimum atomic E-state index is -0.283. The Balaban J connectivity index is 1.76. The van der Waals surface area contributed by atoms with E-state index in [1.54, 1.807) is 6.07 Å². The highest BCUT2D eigenvalue weighted by Crippen LogP contribution is 2.36. The fourth-order valence-electron chi connectivity index (χ4n) is 3.86. The maximum absolute atomic E-state index is 13.5. The highest BCUT2D eigenvalue weighted by Gasteiger charge is 2.33. The van der Waals surface area contributed by atoms with Crippen LogP contribution in [0.25, 0.3) is 0 Å². The SMILES string of the molecule is Nc1c(F)cccc1CN1CCC[C@H]2CCCC[C@H]21. The summed E-state index contributed by atoms with van der Waals surface area (Å²) in [5.74, 6) is 0.576. The summed E-state index contributed by atoms with van der Waals surface area (Å²) >= 11 is 0. The number of rotatable bonds is 2. The summed E-state index contributed by atoms with van der Waals surface area (Å²) in [4.78, 5) is 2.54. The lowest BCUT2D eigenvalue weighted by Crippen LogP contribution is -2.46. The number of anilines is 1. The third-order valence-corrected chi connectivity index (χ3v) is 4.87. The first-order chi connectivity index (χ1) is 9.25. The van der Waals surface area contributed by atoms with Crippen molar-refractivity contribution in [2.24, 2.45) is 5.92 Å². The molecule has 1 aliphatic carbocycles. The van der Waals surface area contributed by atoms with Crippen molar-refractivity contribution in [3.8, 4) is 0 Å². The fraction of sp³-hybridized carbons (Fsp3) is 0.625. The number of nitrogen functional groups attached to an aromatic ring is 1. The molecule has 2 N–H and O–H groups in total. The Labute approximate surface area is 114 Å². The Morgan fingerprint density at radius 2 is 1.95 bits per heavy atom. The molecule has 2 nitrogen and oxygen atoms in total. The molecule has 3 heteroatoms. The minimum Gasteiger partial charge on any atom is -0.396 e. The largest absolute Gasteiger partial charge is 0.396 e. The number of para-hydroxylation sites is 1. The summed E-state index contributed by atoms with van der Waals surface area (Å²) in [5, 5.41) is 0. The monoisotopic (exact) mass is 262 g/mol. The lowest BCUT2D eigenvalue weighted by molar-refractivity contribution is 0.0548. The van der Waals surface area contributed by atoms with E-state index in [2.05, 4.69) is 4.90 Å². The molecule has 1 saturated heterocycles. The number of piperidine rings is 1. The van der Waals surface area contributed by atoms with Gasteiger partial charge in [0.15, 0.2) is 0 Å². The number of nitrogens with zero attached hydrogens (tertiary/aromatic N) is 1. The van der Waals surface area contributed by atoms with Gasteiger partial charge < -0.3 is 5.73 Å². The second-order valence-electron chi connectivity index (χ2n) is 6.04. The standard InChI is InChI=1S/C16H23FN2/c17-14-8-3-6-13(16(14)18)11-19-10-4-7-12-5-1-2-9-15(12)19/h3,6,8,12,15H,1-2,4-5,7,9-11,18H2/t12-,15-/m1/s1. The van der Waals surface area contributed by atoms with Crippen LogP contribution in [0.5, 0.6) is 0 Å². The zero-order valence-corrected chi connectivity index (χ0v) is 11.4. The molecule has 0 spiro atoms. The molecule has 0 unspecified atom stereocenters. The van der Waals surface area contributed by atoms with Crippen LogP contribution in [0.3, 0.4) is 0 Å². The van der Waals surface area contributed by atoms with Crippen LogP contribution in [-0.2, 0) is 6.54 Å². The van der Waals surface area contributed by atoms with Crippen LogP contribution >= 0.6 is 0 Å². The maximum Gasteiger partial charge on any atom is 0.146 e. The predicted octanol–water partition coefficient (Wildman–Crippen LogP) is 3.56. The summed E-state index contributed by atoms with van der Waals surface area (Å²) in [7, 11) is 0. The maximum atomic E-state index is 13.5. The van der Waals surface area contributed by atoms with Gasteiger partial charge in [0.05, 0.1) is 5.69 Å². The summed E-state index contributed by atoms with van der Waals surface area (Å²) < 4.78 is 13.5. The van der Waals surface area contributed by atoms with Gasteiger partial charge in [-0.15, -0.1) is 0 Å². The second-order valence-corrected chi connectivity index (χ2v) is 6.04. The zero-order valence-electron chi connectivity index (χ0n) is 11.4. The second kappa shape index (κ2) is 5.49. The number of hydrogen-bond donors (Lipinski definition) is 1. The normalized spacial score (nSPS) is 28.1. The van der Waals surface area contributed by atoms with E-state index in [-0.39, 0.29) is 5.82 Å². The molecule has 0 bridgehead atoms.